The number of halogens is 1. The summed E-state index contributed by atoms with van der Waals surface area (Å²) in [5.74, 6) is -0.301. The Hall–Kier alpha value is -1.11. The molecule has 0 aromatic heterocycles. The third-order valence-corrected chi connectivity index (χ3v) is 3.76. The molecule has 2 rings (SSSR count). The maximum absolute atomic E-state index is 11.8. The zero-order valence-electron chi connectivity index (χ0n) is 8.67. The van der Waals surface area contributed by atoms with Crippen LogP contribution >= 0.6 is 11.6 Å². The molecule has 1 aliphatic rings. The molecule has 7 heteroatoms. The molecule has 0 radical (unpaired) electrons. The number of aliphatic hydroxyl groups excluding tert-OH is 1. The molecule has 5 nitrogen and oxygen atoms in total. The number of hydrogen-bond acceptors (Lipinski definition) is 4. The van der Waals surface area contributed by atoms with Crippen molar-refractivity contribution in [1.82, 2.24) is 4.90 Å². The van der Waals surface area contributed by atoms with Crippen LogP contribution in [0.3, 0.4) is 0 Å². The fourth-order valence-electron chi connectivity index (χ4n) is 1.59. The molecule has 1 aliphatic heterocycles. The van der Waals surface area contributed by atoms with Crippen LogP contribution in [-0.4, -0.2) is 43.5 Å². The lowest BCUT2D eigenvalue weighted by molar-refractivity contribution is 0.00588. The predicted octanol–water partition coefficient (Wildman–Crippen LogP) is 0.127. The number of hydrogen-bond donors (Lipinski definition) is 2. The fraction of sp³-hybridized carbons (Fsp3) is 0.300. The standard InChI is InChI=1S/C10H10ClNO4S/c11-8-2-1-6(3-9(8)17(15)16)10(14)12-4-7(13)5-12/h1-3,7,13,17H,4-5H2. The summed E-state index contributed by atoms with van der Waals surface area (Å²) in [5, 5.41) is 9.19. The molecule has 0 bridgehead atoms. The van der Waals surface area contributed by atoms with Crippen LogP contribution < -0.4 is 0 Å². The van der Waals surface area contributed by atoms with Gasteiger partial charge in [0.25, 0.3) is 5.91 Å². The highest BCUT2D eigenvalue weighted by molar-refractivity contribution is 7.72. The molecule has 0 spiro atoms. The second-order valence-electron chi connectivity index (χ2n) is 3.79. The van der Waals surface area contributed by atoms with Gasteiger partial charge in [0.2, 0.25) is 0 Å². The zero-order valence-corrected chi connectivity index (χ0v) is 10.3. The van der Waals surface area contributed by atoms with Crippen LogP contribution in [0.5, 0.6) is 0 Å². The van der Waals surface area contributed by atoms with Crippen LogP contribution in [0.15, 0.2) is 23.1 Å². The van der Waals surface area contributed by atoms with Gasteiger partial charge in [-0.3, -0.25) is 4.79 Å². The third kappa shape index (κ3) is 2.43. The van der Waals surface area contributed by atoms with Crippen molar-refractivity contribution in [3.05, 3.63) is 28.8 Å². The Labute approximate surface area is 105 Å². The molecule has 1 heterocycles. The molecule has 0 aliphatic carbocycles. The van der Waals surface area contributed by atoms with Crippen LogP contribution in [0.25, 0.3) is 0 Å². The van der Waals surface area contributed by atoms with Crippen molar-refractivity contribution in [2.45, 2.75) is 11.0 Å². The van der Waals surface area contributed by atoms with E-state index in [0.717, 1.165) is 0 Å². The molecule has 1 aromatic carbocycles. The highest BCUT2D eigenvalue weighted by Gasteiger charge is 2.29. The Morgan fingerprint density at radius 2 is 2.06 bits per heavy atom. The Bertz CT molecular complexity index is 529. The van der Waals surface area contributed by atoms with Crippen LogP contribution in [-0.2, 0) is 10.7 Å². The lowest BCUT2D eigenvalue weighted by Gasteiger charge is -2.35. The van der Waals surface area contributed by atoms with Gasteiger partial charge in [0.05, 0.1) is 16.0 Å². The van der Waals surface area contributed by atoms with Gasteiger partial charge in [0, 0.05) is 18.7 Å². The van der Waals surface area contributed by atoms with Gasteiger partial charge in [-0.1, -0.05) is 11.6 Å². The Balaban J connectivity index is 2.27. The average molecular weight is 276 g/mol. The van der Waals surface area contributed by atoms with Gasteiger partial charge in [0.15, 0.2) is 10.7 Å². The summed E-state index contributed by atoms with van der Waals surface area (Å²) in [7, 11) is -2.82. The molecule has 1 fully saturated rings. The number of benzene rings is 1. The summed E-state index contributed by atoms with van der Waals surface area (Å²) in [6.45, 7) is 0.556. The molecule has 1 amide bonds. The SMILES string of the molecule is O=C(c1ccc(Cl)c([SH](=O)=O)c1)N1CC(O)C1. The van der Waals surface area contributed by atoms with Crippen molar-refractivity contribution >= 4 is 28.2 Å². The number of carbonyl (C=O) groups is 1. The number of β-amino-alcohol motifs (C(OH)–C–C–N with tert-alkyl or cyclic N) is 1. The van der Waals surface area contributed by atoms with E-state index in [0.29, 0.717) is 0 Å². The minimum Gasteiger partial charge on any atom is -0.389 e. The molecule has 1 aromatic rings. The Morgan fingerprint density at radius 1 is 1.41 bits per heavy atom. The molecule has 0 saturated carbocycles. The number of thiol groups is 1. The Kier molecular flexibility index (Phi) is 3.37. The summed E-state index contributed by atoms with van der Waals surface area (Å²) in [6.07, 6.45) is -0.484. The zero-order chi connectivity index (χ0) is 12.6. The predicted molar refractivity (Wildman–Crippen MR) is 61.9 cm³/mol. The first kappa shape index (κ1) is 12.3. The van der Waals surface area contributed by atoms with Gasteiger partial charge in [-0.2, -0.15) is 0 Å². The maximum Gasteiger partial charge on any atom is 0.254 e. The van der Waals surface area contributed by atoms with E-state index in [1.54, 1.807) is 0 Å². The first-order valence-electron chi connectivity index (χ1n) is 4.90. The van der Waals surface area contributed by atoms with Gasteiger partial charge >= 0.3 is 0 Å². The molecular formula is C10H10ClNO4S. The van der Waals surface area contributed by atoms with Crippen LogP contribution in [0.1, 0.15) is 10.4 Å². The molecule has 1 N–H and O–H groups in total. The molecule has 17 heavy (non-hydrogen) atoms. The molecule has 0 atom stereocenters. The number of rotatable bonds is 2. The number of nitrogens with zero attached hydrogens (tertiary/aromatic N) is 1. The van der Waals surface area contributed by atoms with E-state index in [1.165, 1.54) is 23.1 Å². The molecule has 0 unspecified atom stereocenters. The second-order valence-corrected chi connectivity index (χ2v) is 5.19. The monoisotopic (exact) mass is 275 g/mol. The van der Waals surface area contributed by atoms with E-state index in [1.807, 2.05) is 0 Å². The van der Waals surface area contributed by atoms with Gasteiger partial charge < -0.3 is 10.0 Å². The lowest BCUT2D eigenvalue weighted by Crippen LogP contribution is -2.53. The third-order valence-electron chi connectivity index (χ3n) is 2.54. The van der Waals surface area contributed by atoms with Gasteiger partial charge in [-0.05, 0) is 18.2 Å². The van der Waals surface area contributed by atoms with E-state index >= 15 is 0 Å². The summed E-state index contributed by atoms with van der Waals surface area (Å²) < 4.78 is 21.8. The van der Waals surface area contributed by atoms with Crippen LogP contribution in [0, 0.1) is 0 Å². The van der Waals surface area contributed by atoms with Crippen molar-refractivity contribution in [3.63, 3.8) is 0 Å². The Morgan fingerprint density at radius 3 is 2.59 bits per heavy atom. The summed E-state index contributed by atoms with van der Waals surface area (Å²) in [4.78, 5) is 13.2. The van der Waals surface area contributed by atoms with Crippen LogP contribution in [0.2, 0.25) is 5.02 Å². The lowest BCUT2D eigenvalue weighted by atomic mass is 10.1. The highest BCUT2D eigenvalue weighted by atomic mass is 35.5. The highest BCUT2D eigenvalue weighted by Crippen LogP contribution is 2.21. The van der Waals surface area contributed by atoms with E-state index in [2.05, 4.69) is 0 Å². The fourth-order valence-corrected chi connectivity index (χ4v) is 2.41. The summed E-state index contributed by atoms with van der Waals surface area (Å²) in [5.41, 5.74) is 0.260. The number of carbonyl (C=O) groups excluding carboxylic acids is 1. The van der Waals surface area contributed by atoms with Crippen molar-refractivity contribution in [2.24, 2.45) is 0 Å². The first-order chi connectivity index (χ1) is 7.99. The average Bonchev–Trinajstić information content (AvgIpc) is 2.24. The van der Waals surface area contributed by atoms with Crippen molar-refractivity contribution < 1.29 is 18.3 Å². The normalized spacial score (nSPS) is 16.1. The van der Waals surface area contributed by atoms with E-state index in [-0.39, 0.29) is 34.5 Å². The van der Waals surface area contributed by atoms with Crippen molar-refractivity contribution in [3.8, 4) is 0 Å². The van der Waals surface area contributed by atoms with Gasteiger partial charge in [-0.25, -0.2) is 8.42 Å². The summed E-state index contributed by atoms with van der Waals surface area (Å²) >= 11 is 5.70. The minimum absolute atomic E-state index is 0.0615. The minimum atomic E-state index is -2.82. The number of amides is 1. The number of likely N-dealkylation sites (tertiary alicyclic amines) is 1. The van der Waals surface area contributed by atoms with E-state index in [4.69, 9.17) is 16.7 Å². The van der Waals surface area contributed by atoms with E-state index < -0.39 is 16.8 Å². The first-order valence-corrected chi connectivity index (χ1v) is 6.46. The second kappa shape index (κ2) is 4.64. The van der Waals surface area contributed by atoms with Crippen molar-refractivity contribution in [2.75, 3.05) is 13.1 Å². The van der Waals surface area contributed by atoms with E-state index in [9.17, 15) is 13.2 Å². The summed E-state index contributed by atoms with van der Waals surface area (Å²) in [6, 6.07) is 4.10. The van der Waals surface area contributed by atoms with Crippen LogP contribution in [0.4, 0.5) is 0 Å². The molecule has 1 saturated heterocycles. The van der Waals surface area contributed by atoms with Gasteiger partial charge in [0.1, 0.15) is 0 Å². The number of aliphatic hydroxyl groups is 1. The quantitative estimate of drug-likeness (QED) is 0.752. The van der Waals surface area contributed by atoms with Gasteiger partial charge in [-0.15, -0.1) is 0 Å². The smallest absolute Gasteiger partial charge is 0.254 e. The molecular weight excluding hydrogens is 266 g/mol. The molecule has 92 valence electrons. The largest absolute Gasteiger partial charge is 0.389 e. The topological polar surface area (TPSA) is 74.7 Å². The maximum atomic E-state index is 11.8. The van der Waals surface area contributed by atoms with Crippen molar-refractivity contribution in [1.29, 1.82) is 0 Å².